The summed E-state index contributed by atoms with van der Waals surface area (Å²) in [5.74, 6) is -3.57. The molecule has 33 heavy (non-hydrogen) atoms. The normalized spacial score (nSPS) is 12.3. The summed E-state index contributed by atoms with van der Waals surface area (Å²) in [4.78, 5) is 28.5. The Labute approximate surface area is 185 Å². The van der Waals surface area contributed by atoms with Crippen LogP contribution in [0.1, 0.15) is 15.9 Å². The van der Waals surface area contributed by atoms with Crippen LogP contribution in [0.5, 0.6) is 17.4 Å². The topological polar surface area (TPSA) is 85.7 Å². The van der Waals surface area contributed by atoms with Gasteiger partial charge in [-0.05, 0) is 54.4 Å². The zero-order valence-electron chi connectivity index (χ0n) is 16.8. The summed E-state index contributed by atoms with van der Waals surface area (Å²) in [5, 5.41) is 9.54. The number of alkyl halides is 4. The van der Waals surface area contributed by atoms with E-state index in [2.05, 4.69) is 9.72 Å². The van der Waals surface area contributed by atoms with Gasteiger partial charge in [-0.2, -0.15) is 17.6 Å². The first-order valence-corrected chi connectivity index (χ1v) is 9.55. The Bertz CT molecular complexity index is 1110. The summed E-state index contributed by atoms with van der Waals surface area (Å²) in [6.45, 7) is 0. The van der Waals surface area contributed by atoms with Crippen molar-refractivity contribution in [1.29, 1.82) is 0 Å². The number of nitrogens with zero attached hydrogens (tertiary/aromatic N) is 1. The Balaban J connectivity index is 1.73. The molecule has 0 saturated heterocycles. The zero-order valence-corrected chi connectivity index (χ0v) is 16.8. The van der Waals surface area contributed by atoms with Crippen LogP contribution in [-0.2, 0) is 11.2 Å². The van der Waals surface area contributed by atoms with Gasteiger partial charge in [-0.1, -0.05) is 18.2 Å². The molecule has 0 saturated carbocycles. The molecule has 1 N–H and O–H groups in total. The molecule has 1 atom stereocenters. The SMILES string of the molecule is O=C(O)C(Cc1cccc(OC(F)(F)C(F)F)c1)C(=O)c1ccc(Oc2ccccn2)cc1. The molecular weight excluding hydrogens is 446 g/mol. The van der Waals surface area contributed by atoms with Gasteiger partial charge in [-0.15, -0.1) is 0 Å². The summed E-state index contributed by atoms with van der Waals surface area (Å²) in [6.07, 6.45) is -7.57. The standard InChI is InChI=1S/C23H17F4NO5/c24-22(25)23(26,27)33-17-5-3-4-14(12-17)13-18(21(30)31)20(29)15-7-9-16(10-8-15)32-19-6-1-2-11-28-19/h1-12,18,22H,13H2,(H,30,31). The number of hydrogen-bond acceptors (Lipinski definition) is 5. The van der Waals surface area contributed by atoms with Gasteiger partial charge in [0.1, 0.15) is 17.4 Å². The van der Waals surface area contributed by atoms with E-state index in [9.17, 15) is 32.3 Å². The molecule has 3 aromatic rings. The number of ether oxygens (including phenoxy) is 2. The van der Waals surface area contributed by atoms with Gasteiger partial charge in [-0.25, -0.2) is 4.98 Å². The highest BCUT2D eigenvalue weighted by atomic mass is 19.3. The van der Waals surface area contributed by atoms with E-state index in [1.807, 2.05) is 0 Å². The lowest BCUT2D eigenvalue weighted by Gasteiger charge is -2.18. The number of Topliss-reactive ketones (excluding diaryl/α,β-unsaturated/α-hetero) is 1. The van der Waals surface area contributed by atoms with Crippen molar-refractivity contribution >= 4 is 11.8 Å². The van der Waals surface area contributed by atoms with Crippen LogP contribution in [0.3, 0.4) is 0 Å². The van der Waals surface area contributed by atoms with E-state index >= 15 is 0 Å². The zero-order chi connectivity index (χ0) is 24.0. The molecule has 1 unspecified atom stereocenters. The number of pyridine rings is 1. The molecule has 1 heterocycles. The molecule has 1 aromatic heterocycles. The molecule has 0 spiro atoms. The highest BCUT2D eigenvalue weighted by Crippen LogP contribution is 2.29. The van der Waals surface area contributed by atoms with Crippen molar-refractivity contribution in [2.75, 3.05) is 0 Å². The summed E-state index contributed by atoms with van der Waals surface area (Å²) < 4.78 is 60.5. The van der Waals surface area contributed by atoms with Crippen LogP contribution in [0.25, 0.3) is 0 Å². The van der Waals surface area contributed by atoms with Crippen molar-refractivity contribution in [1.82, 2.24) is 4.98 Å². The number of hydrogen-bond donors (Lipinski definition) is 1. The second-order valence-corrected chi connectivity index (χ2v) is 6.87. The molecule has 172 valence electrons. The molecule has 0 radical (unpaired) electrons. The lowest BCUT2D eigenvalue weighted by molar-refractivity contribution is -0.253. The van der Waals surface area contributed by atoms with Crippen LogP contribution >= 0.6 is 0 Å². The second kappa shape index (κ2) is 10.1. The summed E-state index contributed by atoms with van der Waals surface area (Å²) >= 11 is 0. The Morgan fingerprint density at radius 3 is 2.30 bits per heavy atom. The second-order valence-electron chi connectivity index (χ2n) is 6.87. The van der Waals surface area contributed by atoms with Crippen molar-refractivity contribution in [3.63, 3.8) is 0 Å². The molecule has 0 aliphatic heterocycles. The van der Waals surface area contributed by atoms with Crippen molar-refractivity contribution in [3.05, 3.63) is 84.1 Å². The predicted molar refractivity (Wildman–Crippen MR) is 108 cm³/mol. The summed E-state index contributed by atoms with van der Waals surface area (Å²) in [6, 6.07) is 15.4. The van der Waals surface area contributed by atoms with Crippen molar-refractivity contribution < 1.29 is 41.7 Å². The molecular formula is C23H17F4NO5. The fourth-order valence-electron chi connectivity index (χ4n) is 2.88. The third kappa shape index (κ3) is 6.28. The van der Waals surface area contributed by atoms with Crippen LogP contribution in [0, 0.1) is 5.92 Å². The van der Waals surface area contributed by atoms with Gasteiger partial charge in [0.15, 0.2) is 5.78 Å². The molecule has 0 amide bonds. The highest BCUT2D eigenvalue weighted by Gasteiger charge is 2.44. The Kier molecular flexibility index (Phi) is 7.27. The van der Waals surface area contributed by atoms with Crippen molar-refractivity contribution in [2.45, 2.75) is 19.0 Å². The molecule has 10 heteroatoms. The van der Waals surface area contributed by atoms with Crippen LogP contribution in [0.4, 0.5) is 17.6 Å². The van der Waals surface area contributed by atoms with E-state index in [-0.39, 0.29) is 17.5 Å². The van der Waals surface area contributed by atoms with Gasteiger partial charge in [-0.3, -0.25) is 9.59 Å². The van der Waals surface area contributed by atoms with Crippen LogP contribution in [-0.4, -0.2) is 34.4 Å². The molecule has 6 nitrogen and oxygen atoms in total. The van der Waals surface area contributed by atoms with Crippen LogP contribution < -0.4 is 9.47 Å². The van der Waals surface area contributed by atoms with Crippen molar-refractivity contribution in [3.8, 4) is 17.4 Å². The Morgan fingerprint density at radius 1 is 0.970 bits per heavy atom. The third-order valence-electron chi connectivity index (χ3n) is 4.46. The number of carbonyl (C=O) groups excluding carboxylic acids is 1. The van der Waals surface area contributed by atoms with E-state index in [0.717, 1.165) is 12.1 Å². The predicted octanol–water partition coefficient (Wildman–Crippen LogP) is 5.24. The van der Waals surface area contributed by atoms with E-state index in [0.29, 0.717) is 11.6 Å². The maximum Gasteiger partial charge on any atom is 0.461 e. The molecule has 3 rings (SSSR count). The minimum atomic E-state index is -4.71. The molecule has 2 aromatic carbocycles. The minimum Gasteiger partial charge on any atom is -0.481 e. The quantitative estimate of drug-likeness (QED) is 0.252. The number of carbonyl (C=O) groups is 2. The number of rotatable bonds is 10. The van der Waals surface area contributed by atoms with Gasteiger partial charge >= 0.3 is 18.5 Å². The lowest BCUT2D eigenvalue weighted by Crippen LogP contribution is -2.33. The molecule has 0 fully saturated rings. The Morgan fingerprint density at radius 2 is 1.70 bits per heavy atom. The number of carboxylic acids is 1. The maximum atomic E-state index is 13.1. The minimum absolute atomic E-state index is 0.0902. The first-order valence-electron chi connectivity index (χ1n) is 9.55. The van der Waals surface area contributed by atoms with Crippen LogP contribution in [0.2, 0.25) is 0 Å². The molecule has 0 aliphatic carbocycles. The molecule has 0 bridgehead atoms. The monoisotopic (exact) mass is 463 g/mol. The van der Waals surface area contributed by atoms with E-state index in [4.69, 9.17) is 4.74 Å². The number of halogens is 4. The first kappa shape index (κ1) is 23.7. The largest absolute Gasteiger partial charge is 0.481 e. The average Bonchev–Trinajstić information content (AvgIpc) is 2.78. The summed E-state index contributed by atoms with van der Waals surface area (Å²) in [5.41, 5.74) is 0.237. The fraction of sp³-hybridized carbons (Fsp3) is 0.174. The van der Waals surface area contributed by atoms with Gasteiger partial charge in [0.05, 0.1) is 0 Å². The maximum absolute atomic E-state index is 13.1. The number of carboxylic acid groups (broad SMARTS) is 1. The first-order chi connectivity index (χ1) is 15.7. The van der Waals surface area contributed by atoms with Crippen molar-refractivity contribution in [2.24, 2.45) is 5.92 Å². The van der Waals surface area contributed by atoms with E-state index < -0.39 is 36.0 Å². The fourth-order valence-corrected chi connectivity index (χ4v) is 2.88. The Hall–Kier alpha value is -3.95. The number of ketones is 1. The van der Waals surface area contributed by atoms with Gasteiger partial charge < -0.3 is 14.6 Å². The van der Waals surface area contributed by atoms with E-state index in [1.165, 1.54) is 36.4 Å². The van der Waals surface area contributed by atoms with Crippen LogP contribution in [0.15, 0.2) is 72.9 Å². The summed E-state index contributed by atoms with van der Waals surface area (Å²) in [7, 11) is 0. The number of aromatic nitrogens is 1. The van der Waals surface area contributed by atoms with Gasteiger partial charge in [0.25, 0.3) is 0 Å². The van der Waals surface area contributed by atoms with E-state index in [1.54, 1.807) is 24.4 Å². The highest BCUT2D eigenvalue weighted by molar-refractivity contribution is 6.08. The van der Waals surface area contributed by atoms with Gasteiger partial charge in [0.2, 0.25) is 5.88 Å². The number of aliphatic carboxylic acids is 1. The average molecular weight is 463 g/mol. The van der Waals surface area contributed by atoms with Gasteiger partial charge in [0, 0.05) is 17.8 Å². The smallest absolute Gasteiger partial charge is 0.461 e. The number of benzene rings is 2. The molecule has 0 aliphatic rings. The third-order valence-corrected chi connectivity index (χ3v) is 4.46. The lowest BCUT2D eigenvalue weighted by atomic mass is 9.91.